The number of carboxylic acids is 1. The van der Waals surface area contributed by atoms with Crippen molar-refractivity contribution >= 4 is 29.3 Å². The summed E-state index contributed by atoms with van der Waals surface area (Å²) in [6, 6.07) is 1.19. The maximum atomic E-state index is 15.2. The van der Waals surface area contributed by atoms with Crippen LogP contribution in [0.1, 0.15) is 47.6 Å². The fourth-order valence-electron chi connectivity index (χ4n) is 4.03. The van der Waals surface area contributed by atoms with E-state index in [1.54, 1.807) is 4.57 Å². The number of ether oxygens (including phenoxy) is 1. The fraction of sp³-hybridized carbons (Fsp3) is 0.474. The van der Waals surface area contributed by atoms with Crippen LogP contribution in [0, 0.1) is 5.82 Å². The Balaban J connectivity index is 0.00000225. The van der Waals surface area contributed by atoms with Crippen LogP contribution in [0.2, 0.25) is 0 Å². The number of nitrogens with one attached hydrogen (secondary N) is 1. The lowest BCUT2D eigenvalue weighted by molar-refractivity contribution is 0.0694. The molecular weight excluding hydrogens is 389 g/mol. The Bertz CT molecular complexity index is 997. The molecule has 1 saturated heterocycles. The molecule has 1 aliphatic heterocycles. The molecule has 2 aromatic rings. The number of aromatic carboxylic acids is 1. The van der Waals surface area contributed by atoms with Crippen LogP contribution in [0.15, 0.2) is 17.1 Å². The lowest BCUT2D eigenvalue weighted by Gasteiger charge is -2.36. The van der Waals surface area contributed by atoms with Crippen molar-refractivity contribution < 1.29 is 19.0 Å². The van der Waals surface area contributed by atoms with Crippen LogP contribution >= 0.6 is 12.4 Å². The zero-order valence-corrected chi connectivity index (χ0v) is 16.3. The van der Waals surface area contributed by atoms with Crippen LogP contribution in [-0.4, -0.2) is 35.8 Å². The van der Waals surface area contributed by atoms with Gasteiger partial charge in [-0.3, -0.25) is 4.79 Å². The Labute approximate surface area is 167 Å². The van der Waals surface area contributed by atoms with Gasteiger partial charge in [0.1, 0.15) is 11.4 Å². The molecule has 0 spiro atoms. The van der Waals surface area contributed by atoms with E-state index in [-0.39, 0.29) is 40.7 Å². The average Bonchev–Trinajstić information content (AvgIpc) is 3.46. The van der Waals surface area contributed by atoms with E-state index in [1.165, 1.54) is 13.3 Å². The number of hydrogen-bond donors (Lipinski definition) is 3. The summed E-state index contributed by atoms with van der Waals surface area (Å²) in [4.78, 5) is 24.2. The lowest BCUT2D eigenvalue weighted by atomic mass is 9.81. The van der Waals surface area contributed by atoms with Gasteiger partial charge in [-0.15, -0.1) is 12.4 Å². The number of aromatic nitrogens is 1. The standard InChI is InChI=1S/C19H22FN3O4.ClH/c1-27-17-14(19(21)4-6-22-7-5-19)13(20)8-11-15(17)23(10-2-3-10)9-12(16(11)24)18(25)26;/h8-10,22H,2-7,21H2,1H3,(H,25,26);1H. The SMILES string of the molecule is COc1c(C2(N)CCNCC2)c(F)cc2c(=O)c(C(=O)O)cn(C3CC3)c12.Cl. The first kappa shape index (κ1) is 20.6. The van der Waals surface area contributed by atoms with Gasteiger partial charge in [0.2, 0.25) is 5.43 Å². The van der Waals surface area contributed by atoms with E-state index in [9.17, 15) is 14.7 Å². The summed E-state index contributed by atoms with van der Waals surface area (Å²) in [7, 11) is 1.43. The second-order valence-corrected chi connectivity index (χ2v) is 7.38. The summed E-state index contributed by atoms with van der Waals surface area (Å²) in [6.45, 7) is 1.31. The molecule has 1 saturated carbocycles. The summed E-state index contributed by atoms with van der Waals surface area (Å²) in [6.07, 6.45) is 4.15. The van der Waals surface area contributed by atoms with E-state index >= 15 is 4.39 Å². The first-order valence-corrected chi connectivity index (χ1v) is 9.06. The molecule has 1 aliphatic carbocycles. The number of methoxy groups -OCH3 is 1. The van der Waals surface area contributed by atoms with Gasteiger partial charge in [0, 0.05) is 12.2 Å². The molecule has 0 bridgehead atoms. The number of pyridine rings is 1. The maximum absolute atomic E-state index is 15.2. The smallest absolute Gasteiger partial charge is 0.341 e. The van der Waals surface area contributed by atoms with Gasteiger partial charge in [-0.1, -0.05) is 0 Å². The minimum Gasteiger partial charge on any atom is -0.494 e. The molecule has 28 heavy (non-hydrogen) atoms. The molecule has 152 valence electrons. The van der Waals surface area contributed by atoms with Crippen molar-refractivity contribution in [3.05, 3.63) is 39.4 Å². The molecule has 0 unspecified atom stereocenters. The van der Waals surface area contributed by atoms with E-state index in [1.807, 2.05) is 0 Å². The van der Waals surface area contributed by atoms with Gasteiger partial charge >= 0.3 is 5.97 Å². The van der Waals surface area contributed by atoms with Crippen LogP contribution < -0.4 is 21.2 Å². The third-order valence-corrected chi connectivity index (χ3v) is 5.59. The van der Waals surface area contributed by atoms with Crippen LogP contribution in [0.4, 0.5) is 4.39 Å². The Morgan fingerprint density at radius 3 is 2.57 bits per heavy atom. The fourth-order valence-corrected chi connectivity index (χ4v) is 4.03. The van der Waals surface area contributed by atoms with Gasteiger partial charge < -0.3 is 25.5 Å². The molecular formula is C19H23ClFN3O4. The Morgan fingerprint density at radius 2 is 2.04 bits per heavy atom. The number of fused-ring (bicyclic) bond motifs is 1. The van der Waals surface area contributed by atoms with Crippen molar-refractivity contribution in [1.29, 1.82) is 0 Å². The number of carboxylic acid groups (broad SMARTS) is 1. The summed E-state index contributed by atoms with van der Waals surface area (Å²) < 4.78 is 22.5. The lowest BCUT2D eigenvalue weighted by Crippen LogP contribution is -2.47. The molecule has 4 N–H and O–H groups in total. The number of halogens is 2. The molecule has 1 aromatic carbocycles. The highest BCUT2D eigenvalue weighted by Gasteiger charge is 2.38. The van der Waals surface area contributed by atoms with Gasteiger partial charge in [-0.05, 0) is 44.8 Å². The maximum Gasteiger partial charge on any atom is 0.341 e. The molecule has 2 heterocycles. The van der Waals surface area contributed by atoms with Crippen molar-refractivity contribution in [2.45, 2.75) is 37.3 Å². The topological polar surface area (TPSA) is 107 Å². The van der Waals surface area contributed by atoms with E-state index < -0.39 is 22.8 Å². The summed E-state index contributed by atoms with van der Waals surface area (Å²) in [5, 5.41) is 12.6. The van der Waals surface area contributed by atoms with Gasteiger partial charge in [0.15, 0.2) is 5.75 Å². The molecule has 4 rings (SSSR count). The van der Waals surface area contributed by atoms with Crippen LogP contribution in [0.3, 0.4) is 0 Å². The van der Waals surface area contributed by atoms with Crippen molar-refractivity contribution in [3.8, 4) is 5.75 Å². The number of hydrogen-bond acceptors (Lipinski definition) is 5. The second kappa shape index (κ2) is 7.35. The first-order chi connectivity index (χ1) is 12.9. The largest absolute Gasteiger partial charge is 0.494 e. The van der Waals surface area contributed by atoms with E-state index in [2.05, 4.69) is 5.32 Å². The Hall–Kier alpha value is -2.16. The predicted octanol–water partition coefficient (Wildman–Crippen LogP) is 2.14. The minimum atomic E-state index is -1.33. The van der Waals surface area contributed by atoms with Crippen LogP contribution in [-0.2, 0) is 5.54 Å². The first-order valence-electron chi connectivity index (χ1n) is 9.06. The van der Waals surface area contributed by atoms with Crippen LogP contribution in [0.25, 0.3) is 10.9 Å². The number of nitrogens with two attached hydrogens (primary N) is 1. The molecule has 9 heteroatoms. The zero-order chi connectivity index (χ0) is 19.3. The molecule has 0 radical (unpaired) electrons. The van der Waals surface area contributed by atoms with Crippen molar-refractivity contribution in [1.82, 2.24) is 9.88 Å². The molecule has 2 aliphatic rings. The minimum absolute atomic E-state index is 0. The average molecular weight is 412 g/mol. The number of carbonyl (C=O) groups is 1. The van der Waals surface area contributed by atoms with Crippen molar-refractivity contribution in [2.24, 2.45) is 5.73 Å². The molecule has 1 aromatic heterocycles. The van der Waals surface area contributed by atoms with Crippen LogP contribution in [0.5, 0.6) is 5.75 Å². The summed E-state index contributed by atoms with van der Waals surface area (Å²) in [5.41, 5.74) is 5.26. The number of nitrogens with zero attached hydrogens (tertiary/aromatic N) is 1. The molecule has 0 amide bonds. The third kappa shape index (κ3) is 3.15. The van der Waals surface area contributed by atoms with E-state index in [4.69, 9.17) is 10.5 Å². The third-order valence-electron chi connectivity index (χ3n) is 5.59. The summed E-state index contributed by atoms with van der Waals surface area (Å²) in [5.74, 6) is -1.73. The van der Waals surface area contributed by atoms with Crippen molar-refractivity contribution in [3.63, 3.8) is 0 Å². The monoisotopic (exact) mass is 411 g/mol. The Kier molecular flexibility index (Phi) is 5.40. The highest BCUT2D eigenvalue weighted by atomic mass is 35.5. The zero-order valence-electron chi connectivity index (χ0n) is 15.5. The number of benzene rings is 1. The highest BCUT2D eigenvalue weighted by Crippen LogP contribution is 2.44. The van der Waals surface area contributed by atoms with Gasteiger partial charge in [0.25, 0.3) is 0 Å². The van der Waals surface area contributed by atoms with E-state index in [0.29, 0.717) is 31.4 Å². The normalized spacial score (nSPS) is 18.5. The highest BCUT2D eigenvalue weighted by molar-refractivity contribution is 5.95. The second-order valence-electron chi connectivity index (χ2n) is 7.38. The predicted molar refractivity (Wildman–Crippen MR) is 105 cm³/mol. The summed E-state index contributed by atoms with van der Waals surface area (Å²) >= 11 is 0. The number of piperidine rings is 1. The molecule has 0 atom stereocenters. The molecule has 2 fully saturated rings. The quantitative estimate of drug-likeness (QED) is 0.711. The Morgan fingerprint density at radius 1 is 1.39 bits per heavy atom. The van der Waals surface area contributed by atoms with Gasteiger partial charge in [-0.25, -0.2) is 9.18 Å². The van der Waals surface area contributed by atoms with E-state index in [0.717, 1.165) is 18.9 Å². The van der Waals surface area contributed by atoms with Gasteiger partial charge in [0.05, 0.1) is 29.1 Å². The molecule has 7 nitrogen and oxygen atoms in total. The van der Waals surface area contributed by atoms with Gasteiger partial charge in [-0.2, -0.15) is 0 Å². The van der Waals surface area contributed by atoms with Crippen molar-refractivity contribution in [2.75, 3.05) is 20.2 Å². The number of rotatable bonds is 4.